The van der Waals surface area contributed by atoms with E-state index in [2.05, 4.69) is 9.97 Å². The first-order valence-corrected chi connectivity index (χ1v) is 11.3. The summed E-state index contributed by atoms with van der Waals surface area (Å²) in [4.78, 5) is 35.6. The van der Waals surface area contributed by atoms with Crippen LogP contribution in [0.25, 0.3) is 11.5 Å². The Morgan fingerprint density at radius 1 is 1.19 bits per heavy atom. The number of ether oxygens (including phenoxy) is 1. The molecule has 0 atom stereocenters. The molecular formula is C23H25N3O4S. The van der Waals surface area contributed by atoms with E-state index in [4.69, 9.17) is 9.15 Å². The summed E-state index contributed by atoms with van der Waals surface area (Å²) in [5, 5.41) is 2.69. The molecule has 7 nitrogen and oxygen atoms in total. The van der Waals surface area contributed by atoms with Crippen molar-refractivity contribution in [2.75, 3.05) is 19.7 Å². The highest BCUT2D eigenvalue weighted by molar-refractivity contribution is 7.09. The number of aryl methyl sites for hydroxylation is 1. The maximum absolute atomic E-state index is 12.8. The Kier molecular flexibility index (Phi) is 6.46. The van der Waals surface area contributed by atoms with Crippen LogP contribution in [0.5, 0.6) is 0 Å². The van der Waals surface area contributed by atoms with E-state index >= 15 is 0 Å². The van der Waals surface area contributed by atoms with Crippen molar-refractivity contribution < 1.29 is 18.7 Å². The molecule has 0 N–H and O–H groups in total. The Morgan fingerprint density at radius 3 is 2.65 bits per heavy atom. The number of piperidine rings is 1. The fourth-order valence-electron chi connectivity index (χ4n) is 3.70. The van der Waals surface area contributed by atoms with Crippen LogP contribution in [-0.2, 0) is 16.0 Å². The maximum atomic E-state index is 12.8. The summed E-state index contributed by atoms with van der Waals surface area (Å²) in [6, 6.07) is 9.68. The molecule has 1 saturated heterocycles. The average molecular weight is 440 g/mol. The summed E-state index contributed by atoms with van der Waals surface area (Å²) in [6.07, 6.45) is 1.89. The molecule has 0 aliphatic carbocycles. The number of benzene rings is 1. The molecule has 1 amide bonds. The molecule has 3 heterocycles. The average Bonchev–Trinajstić information content (AvgIpc) is 3.42. The van der Waals surface area contributed by atoms with Crippen molar-refractivity contribution in [3.05, 3.63) is 57.9 Å². The largest absolute Gasteiger partial charge is 0.461 e. The third-order valence-corrected chi connectivity index (χ3v) is 6.44. The van der Waals surface area contributed by atoms with E-state index in [9.17, 15) is 9.59 Å². The fraction of sp³-hybridized carbons (Fsp3) is 0.391. The molecule has 2 aromatic heterocycles. The van der Waals surface area contributed by atoms with Crippen LogP contribution >= 0.6 is 11.3 Å². The predicted molar refractivity (Wildman–Crippen MR) is 117 cm³/mol. The topological polar surface area (TPSA) is 85.5 Å². The number of esters is 1. The van der Waals surface area contributed by atoms with Gasteiger partial charge in [-0.25, -0.2) is 14.8 Å². The Bertz CT molecular complexity index is 1050. The van der Waals surface area contributed by atoms with Crippen molar-refractivity contribution in [1.29, 1.82) is 0 Å². The summed E-state index contributed by atoms with van der Waals surface area (Å²) in [5.74, 6) is 1.16. The van der Waals surface area contributed by atoms with Gasteiger partial charge in [-0.2, -0.15) is 0 Å². The number of thiazole rings is 1. The Balaban J connectivity index is 1.34. The number of carbonyl (C=O) groups excluding carboxylic acids is 2. The summed E-state index contributed by atoms with van der Waals surface area (Å²) in [6.45, 7) is 5.30. The molecule has 162 valence electrons. The van der Waals surface area contributed by atoms with Gasteiger partial charge in [0.15, 0.2) is 5.69 Å². The van der Waals surface area contributed by atoms with E-state index in [-0.39, 0.29) is 24.2 Å². The van der Waals surface area contributed by atoms with Gasteiger partial charge in [0.05, 0.1) is 23.7 Å². The third-order valence-electron chi connectivity index (χ3n) is 5.44. The zero-order valence-electron chi connectivity index (χ0n) is 17.7. The van der Waals surface area contributed by atoms with Crippen molar-refractivity contribution in [3.8, 4) is 11.5 Å². The zero-order chi connectivity index (χ0) is 21.8. The smallest absolute Gasteiger partial charge is 0.357 e. The SMILES string of the molecule is CCOC(=O)c1csc(C2CCN(C(=O)Cc3nc(-c4ccccc4)oc3C)CC2)n1. The molecule has 31 heavy (non-hydrogen) atoms. The lowest BCUT2D eigenvalue weighted by molar-refractivity contribution is -0.131. The van der Waals surface area contributed by atoms with Crippen molar-refractivity contribution >= 4 is 23.2 Å². The number of amides is 1. The van der Waals surface area contributed by atoms with Crippen LogP contribution in [0.3, 0.4) is 0 Å². The highest BCUT2D eigenvalue weighted by Gasteiger charge is 2.27. The quantitative estimate of drug-likeness (QED) is 0.534. The van der Waals surface area contributed by atoms with Gasteiger partial charge >= 0.3 is 5.97 Å². The van der Waals surface area contributed by atoms with E-state index in [0.29, 0.717) is 42.7 Å². The van der Waals surface area contributed by atoms with Crippen LogP contribution in [0.2, 0.25) is 0 Å². The highest BCUT2D eigenvalue weighted by atomic mass is 32.1. The van der Waals surface area contributed by atoms with Gasteiger partial charge in [-0.3, -0.25) is 4.79 Å². The second-order valence-electron chi connectivity index (χ2n) is 7.51. The van der Waals surface area contributed by atoms with Crippen molar-refractivity contribution in [1.82, 2.24) is 14.9 Å². The minimum Gasteiger partial charge on any atom is -0.461 e. The lowest BCUT2D eigenvalue weighted by Gasteiger charge is -2.31. The van der Waals surface area contributed by atoms with Gasteiger partial charge in [0.1, 0.15) is 5.76 Å². The van der Waals surface area contributed by atoms with Gasteiger partial charge in [0.2, 0.25) is 11.8 Å². The van der Waals surface area contributed by atoms with Gasteiger partial charge < -0.3 is 14.1 Å². The number of hydrogen-bond acceptors (Lipinski definition) is 7. The van der Waals surface area contributed by atoms with Crippen molar-refractivity contribution in [2.24, 2.45) is 0 Å². The van der Waals surface area contributed by atoms with Crippen LogP contribution in [0.1, 0.15) is 52.6 Å². The number of rotatable bonds is 6. The number of carbonyl (C=O) groups is 2. The van der Waals surface area contributed by atoms with E-state index in [1.165, 1.54) is 11.3 Å². The molecule has 0 bridgehead atoms. The maximum Gasteiger partial charge on any atom is 0.357 e. The molecular weight excluding hydrogens is 414 g/mol. The summed E-state index contributed by atoms with van der Waals surface area (Å²) < 4.78 is 10.8. The number of oxazole rings is 1. The number of hydrogen-bond donors (Lipinski definition) is 0. The van der Waals surface area contributed by atoms with Crippen LogP contribution in [-0.4, -0.2) is 46.4 Å². The molecule has 0 radical (unpaired) electrons. The Morgan fingerprint density at radius 2 is 1.94 bits per heavy atom. The van der Waals surface area contributed by atoms with Gasteiger partial charge in [-0.05, 0) is 38.8 Å². The van der Waals surface area contributed by atoms with Crippen LogP contribution < -0.4 is 0 Å². The first-order chi connectivity index (χ1) is 15.0. The van der Waals surface area contributed by atoms with E-state index in [1.807, 2.05) is 42.2 Å². The summed E-state index contributed by atoms with van der Waals surface area (Å²) >= 11 is 1.49. The number of nitrogens with zero attached hydrogens (tertiary/aromatic N) is 3. The van der Waals surface area contributed by atoms with Crippen LogP contribution in [0, 0.1) is 6.92 Å². The van der Waals surface area contributed by atoms with E-state index in [1.54, 1.807) is 12.3 Å². The third kappa shape index (κ3) is 4.85. The fourth-order valence-corrected chi connectivity index (χ4v) is 4.66. The predicted octanol–water partition coefficient (Wildman–Crippen LogP) is 4.23. The molecule has 3 aromatic rings. The minimum atomic E-state index is -0.379. The molecule has 4 rings (SSSR count). The van der Waals surface area contributed by atoms with E-state index < -0.39 is 0 Å². The van der Waals surface area contributed by atoms with Gasteiger partial charge in [0, 0.05) is 30.0 Å². The minimum absolute atomic E-state index is 0.0563. The molecule has 1 aromatic carbocycles. The Hall–Kier alpha value is -3.00. The van der Waals surface area contributed by atoms with Crippen molar-refractivity contribution in [3.63, 3.8) is 0 Å². The molecule has 1 aliphatic rings. The lowest BCUT2D eigenvalue weighted by atomic mass is 9.97. The molecule has 0 unspecified atom stereocenters. The van der Waals surface area contributed by atoms with Gasteiger partial charge in [0.25, 0.3) is 0 Å². The van der Waals surface area contributed by atoms with Crippen molar-refractivity contribution in [2.45, 2.75) is 39.0 Å². The second-order valence-corrected chi connectivity index (χ2v) is 8.40. The monoisotopic (exact) mass is 439 g/mol. The zero-order valence-corrected chi connectivity index (χ0v) is 18.5. The first kappa shape index (κ1) is 21.2. The second kappa shape index (κ2) is 9.43. The van der Waals surface area contributed by atoms with Gasteiger partial charge in [-0.15, -0.1) is 11.3 Å². The standard InChI is InChI=1S/C23H25N3O4S/c1-3-29-23(28)19-14-31-22(25-19)17-9-11-26(12-10-17)20(27)13-18-15(2)30-21(24-18)16-7-5-4-6-8-16/h4-8,14,17H,3,9-13H2,1-2H3. The summed E-state index contributed by atoms with van der Waals surface area (Å²) in [5.41, 5.74) is 1.96. The van der Waals surface area contributed by atoms with Crippen LogP contribution in [0.4, 0.5) is 0 Å². The number of aromatic nitrogens is 2. The first-order valence-electron chi connectivity index (χ1n) is 10.5. The molecule has 1 aliphatic heterocycles. The molecule has 0 spiro atoms. The molecule has 0 saturated carbocycles. The number of likely N-dealkylation sites (tertiary alicyclic amines) is 1. The van der Waals surface area contributed by atoms with Gasteiger partial charge in [-0.1, -0.05) is 18.2 Å². The molecule has 8 heteroatoms. The molecule has 1 fully saturated rings. The highest BCUT2D eigenvalue weighted by Crippen LogP contribution is 2.31. The summed E-state index contributed by atoms with van der Waals surface area (Å²) in [7, 11) is 0. The van der Waals surface area contributed by atoms with Crippen LogP contribution in [0.15, 0.2) is 40.1 Å². The lowest BCUT2D eigenvalue weighted by Crippen LogP contribution is -2.38. The normalized spacial score (nSPS) is 14.6. The Labute approximate surface area is 185 Å². The van der Waals surface area contributed by atoms with E-state index in [0.717, 1.165) is 23.4 Å².